The Balaban J connectivity index is 1.53. The minimum atomic E-state index is -0.302. The van der Waals surface area contributed by atoms with Crippen molar-refractivity contribution in [3.8, 4) is 22.0 Å². The Morgan fingerprint density at radius 3 is 2.82 bits per heavy atom. The molecule has 4 aromatic rings. The first kappa shape index (κ1) is 18.7. The van der Waals surface area contributed by atoms with Crippen molar-refractivity contribution in [1.29, 1.82) is 0 Å². The third kappa shape index (κ3) is 3.79. The van der Waals surface area contributed by atoms with E-state index in [1.807, 2.05) is 24.4 Å². The number of nitrogens with one attached hydrogen (secondary N) is 2. The van der Waals surface area contributed by atoms with Crippen molar-refractivity contribution in [3.63, 3.8) is 0 Å². The number of halogens is 1. The fraction of sp³-hybridized carbons (Fsp3) is 0.111. The monoisotopic (exact) mass is 431 g/mol. The molecule has 4 rings (SSSR count). The number of thiazole rings is 1. The summed E-state index contributed by atoms with van der Waals surface area (Å²) in [5.41, 5.74) is 1.52. The quantitative estimate of drug-likeness (QED) is 0.442. The van der Waals surface area contributed by atoms with E-state index in [2.05, 4.69) is 20.5 Å². The maximum absolute atomic E-state index is 13.1. The number of carbonyl (C=O) groups excluding carboxylic acids is 1. The van der Waals surface area contributed by atoms with E-state index in [-0.39, 0.29) is 18.3 Å². The summed E-state index contributed by atoms with van der Waals surface area (Å²) in [6, 6.07) is 9.95. The lowest BCUT2D eigenvalue weighted by Crippen LogP contribution is -2.19. The molecule has 10 heteroatoms. The third-order valence-electron chi connectivity index (χ3n) is 3.96. The fourth-order valence-electron chi connectivity index (χ4n) is 2.69. The average Bonchev–Trinajstić information content (AvgIpc) is 3.38. The maximum atomic E-state index is 13.1. The lowest BCUT2D eigenvalue weighted by molar-refractivity contribution is -0.116. The zero-order valence-corrected chi connectivity index (χ0v) is 17.1. The number of hydrogen-bond acceptors (Lipinski definition) is 6. The first-order valence-electron chi connectivity index (χ1n) is 8.23. The average molecular weight is 432 g/mol. The number of hydrogen-bond donors (Lipinski definition) is 2. The van der Waals surface area contributed by atoms with Gasteiger partial charge in [0.1, 0.15) is 12.4 Å². The van der Waals surface area contributed by atoms with Crippen LogP contribution >= 0.6 is 34.9 Å². The van der Waals surface area contributed by atoms with Crippen LogP contribution in [0.2, 0.25) is 0 Å². The Morgan fingerprint density at radius 2 is 2.11 bits per heavy atom. The van der Waals surface area contributed by atoms with Crippen molar-refractivity contribution in [3.05, 3.63) is 57.2 Å². The van der Waals surface area contributed by atoms with Crippen LogP contribution in [0.3, 0.4) is 0 Å². The van der Waals surface area contributed by atoms with E-state index < -0.39 is 0 Å². The minimum Gasteiger partial charge on any atom is -0.300 e. The molecule has 3 aromatic heterocycles. The van der Waals surface area contributed by atoms with Gasteiger partial charge in [-0.1, -0.05) is 6.07 Å². The summed E-state index contributed by atoms with van der Waals surface area (Å²) in [6.07, 6.45) is 0. The van der Waals surface area contributed by atoms with Gasteiger partial charge in [0, 0.05) is 10.4 Å². The molecule has 0 unspecified atom stereocenters. The number of benzene rings is 1. The van der Waals surface area contributed by atoms with Crippen LogP contribution < -0.4 is 5.32 Å². The molecule has 0 saturated carbocycles. The summed E-state index contributed by atoms with van der Waals surface area (Å²) in [5, 5.41) is 12.2. The van der Waals surface area contributed by atoms with Gasteiger partial charge in [-0.25, -0.2) is 9.37 Å². The van der Waals surface area contributed by atoms with E-state index in [4.69, 9.17) is 12.2 Å². The molecule has 0 fully saturated rings. The largest absolute Gasteiger partial charge is 0.300 e. The van der Waals surface area contributed by atoms with E-state index in [1.54, 1.807) is 16.7 Å². The maximum Gasteiger partial charge on any atom is 0.246 e. The van der Waals surface area contributed by atoms with E-state index in [0.29, 0.717) is 15.7 Å². The second-order valence-electron chi connectivity index (χ2n) is 5.89. The summed E-state index contributed by atoms with van der Waals surface area (Å²) in [6.45, 7) is 1.93. The van der Waals surface area contributed by atoms with Gasteiger partial charge in [-0.2, -0.15) is 5.10 Å². The molecule has 0 spiro atoms. The highest BCUT2D eigenvalue weighted by Crippen LogP contribution is 2.30. The van der Waals surface area contributed by atoms with Crippen LogP contribution in [0.1, 0.15) is 4.88 Å². The van der Waals surface area contributed by atoms with Crippen LogP contribution in [0.15, 0.2) is 41.8 Å². The highest BCUT2D eigenvalue weighted by molar-refractivity contribution is 7.71. The normalized spacial score (nSPS) is 10.9. The number of aromatic nitrogens is 4. The van der Waals surface area contributed by atoms with Gasteiger partial charge in [-0.3, -0.25) is 14.5 Å². The second-order valence-corrected chi connectivity index (χ2v) is 8.43. The molecule has 3 heterocycles. The Kier molecular flexibility index (Phi) is 5.16. The molecule has 6 nitrogen and oxygen atoms in total. The van der Waals surface area contributed by atoms with E-state index in [9.17, 15) is 9.18 Å². The third-order valence-corrected chi connectivity index (χ3v) is 6.03. The van der Waals surface area contributed by atoms with Gasteiger partial charge in [-0.15, -0.1) is 22.7 Å². The van der Waals surface area contributed by atoms with Gasteiger partial charge in [0.15, 0.2) is 15.7 Å². The zero-order valence-electron chi connectivity index (χ0n) is 14.6. The lowest BCUT2D eigenvalue weighted by atomic mass is 10.1. The zero-order chi connectivity index (χ0) is 19.7. The first-order valence-corrected chi connectivity index (χ1v) is 10.3. The summed E-state index contributed by atoms with van der Waals surface area (Å²) >= 11 is 8.14. The molecule has 0 radical (unpaired) electrons. The molecule has 2 N–H and O–H groups in total. The number of carbonyl (C=O) groups is 1. The van der Waals surface area contributed by atoms with Gasteiger partial charge in [0.2, 0.25) is 5.91 Å². The van der Waals surface area contributed by atoms with Crippen molar-refractivity contribution in [2.45, 2.75) is 13.5 Å². The summed E-state index contributed by atoms with van der Waals surface area (Å²) in [7, 11) is 0. The molecule has 0 bridgehead atoms. The van der Waals surface area contributed by atoms with Crippen LogP contribution in [0.25, 0.3) is 22.0 Å². The Bertz CT molecular complexity index is 1180. The van der Waals surface area contributed by atoms with Crippen molar-refractivity contribution in [2.75, 3.05) is 5.32 Å². The van der Waals surface area contributed by atoms with Crippen molar-refractivity contribution < 1.29 is 9.18 Å². The first-order chi connectivity index (χ1) is 13.5. The smallest absolute Gasteiger partial charge is 0.246 e. The van der Waals surface area contributed by atoms with Crippen molar-refractivity contribution in [1.82, 2.24) is 19.7 Å². The molecule has 142 valence electrons. The van der Waals surface area contributed by atoms with E-state index in [0.717, 1.165) is 21.0 Å². The molecule has 0 saturated heterocycles. The summed E-state index contributed by atoms with van der Waals surface area (Å²) in [4.78, 5) is 18.9. The molecule has 1 amide bonds. The molecule has 0 aliphatic carbocycles. The molecule has 1 aromatic carbocycles. The van der Waals surface area contributed by atoms with Crippen molar-refractivity contribution >= 4 is 45.9 Å². The SMILES string of the molecule is Cc1sc(NC(=O)Cn2c(-c3cccs3)n[nH]c2=S)nc1-c1ccc(F)cc1. The van der Waals surface area contributed by atoms with E-state index >= 15 is 0 Å². The number of anilines is 1. The second kappa shape index (κ2) is 7.74. The Hall–Kier alpha value is -2.69. The highest BCUT2D eigenvalue weighted by Gasteiger charge is 2.16. The summed E-state index contributed by atoms with van der Waals surface area (Å²) in [5.74, 6) is 0.0655. The Labute approximate surface area is 172 Å². The van der Waals surface area contributed by atoms with Crippen LogP contribution in [0.4, 0.5) is 9.52 Å². The molecular formula is C18H14FN5OS3. The predicted molar refractivity (Wildman–Crippen MR) is 112 cm³/mol. The standard InChI is InChI=1S/C18H14FN5OS3/c1-10-15(11-4-6-12(19)7-5-11)21-17(28-10)20-14(25)9-24-16(22-23-18(24)26)13-3-2-8-27-13/h2-8H,9H2,1H3,(H,23,26)(H,20,21,25). The van der Waals surface area contributed by atoms with Gasteiger partial charge >= 0.3 is 0 Å². The van der Waals surface area contributed by atoms with Gasteiger partial charge < -0.3 is 5.32 Å². The van der Waals surface area contributed by atoms with E-state index in [1.165, 1.54) is 34.8 Å². The van der Waals surface area contributed by atoms with Crippen LogP contribution in [-0.2, 0) is 11.3 Å². The number of amides is 1. The number of thiophene rings is 1. The number of aromatic amines is 1. The van der Waals surface area contributed by atoms with Gasteiger partial charge in [-0.05, 0) is 54.9 Å². The molecule has 0 atom stereocenters. The van der Waals surface area contributed by atoms with Gasteiger partial charge in [0.05, 0.1) is 10.6 Å². The minimum absolute atomic E-state index is 0.0209. The number of nitrogens with zero attached hydrogens (tertiary/aromatic N) is 3. The number of aryl methyl sites for hydroxylation is 1. The summed E-state index contributed by atoms with van der Waals surface area (Å²) < 4.78 is 15.2. The Morgan fingerprint density at radius 1 is 1.32 bits per heavy atom. The van der Waals surface area contributed by atoms with Crippen molar-refractivity contribution in [2.24, 2.45) is 0 Å². The topological polar surface area (TPSA) is 75.6 Å². The van der Waals surface area contributed by atoms with Crippen LogP contribution in [0.5, 0.6) is 0 Å². The lowest BCUT2D eigenvalue weighted by Gasteiger charge is -2.05. The highest BCUT2D eigenvalue weighted by atomic mass is 32.1. The molecule has 0 aliphatic rings. The van der Waals surface area contributed by atoms with Crippen LogP contribution in [-0.4, -0.2) is 25.7 Å². The number of H-pyrrole nitrogens is 1. The molecular weight excluding hydrogens is 417 g/mol. The van der Waals surface area contributed by atoms with Gasteiger partial charge in [0.25, 0.3) is 0 Å². The van der Waals surface area contributed by atoms with Crippen LogP contribution in [0, 0.1) is 17.5 Å². The fourth-order valence-corrected chi connectivity index (χ4v) is 4.46. The molecule has 28 heavy (non-hydrogen) atoms. The predicted octanol–water partition coefficient (Wildman–Crippen LogP) is 4.88. The number of rotatable bonds is 5. The molecule has 0 aliphatic heterocycles.